The summed E-state index contributed by atoms with van der Waals surface area (Å²) in [7, 11) is 3.03. The van der Waals surface area contributed by atoms with Gasteiger partial charge in [-0.05, 0) is 35.9 Å². The third kappa shape index (κ3) is 5.42. The maximum Gasteiger partial charge on any atom is 0.259 e. The van der Waals surface area contributed by atoms with Crippen molar-refractivity contribution in [1.29, 1.82) is 0 Å². The fourth-order valence-corrected chi connectivity index (χ4v) is 2.36. The molecule has 0 fully saturated rings. The van der Waals surface area contributed by atoms with Gasteiger partial charge in [-0.1, -0.05) is 17.7 Å². The van der Waals surface area contributed by atoms with Crippen LogP contribution in [0.5, 0.6) is 11.5 Å². The Hall–Kier alpha value is -3.13. The number of nitrogens with zero attached hydrogens (tertiary/aromatic N) is 1. The van der Waals surface area contributed by atoms with Crippen LogP contribution in [0, 0.1) is 5.82 Å². The standard InChI is InChI=1S/C18H17ClFN3O4/c1-26-14-7-6-11(8-15(14)27-2)9-22-23-16(24)10-21-18(25)17-12(19)4-3-5-13(17)20/h3-9H,10H2,1-2H3,(H,21,25)(H,23,24)/b22-9+. The Kier molecular flexibility index (Phi) is 7.13. The van der Waals surface area contributed by atoms with Crippen molar-refractivity contribution in [2.24, 2.45) is 5.10 Å². The van der Waals surface area contributed by atoms with Gasteiger partial charge < -0.3 is 14.8 Å². The van der Waals surface area contributed by atoms with Gasteiger partial charge in [-0.3, -0.25) is 9.59 Å². The smallest absolute Gasteiger partial charge is 0.259 e. The van der Waals surface area contributed by atoms with Crippen LogP contribution in [0.4, 0.5) is 4.39 Å². The van der Waals surface area contributed by atoms with Gasteiger partial charge >= 0.3 is 0 Å². The SMILES string of the molecule is COc1ccc(/C=N/NC(=O)CNC(=O)c2c(F)cccc2Cl)cc1OC. The molecule has 2 aromatic carbocycles. The molecule has 0 atom stereocenters. The van der Waals surface area contributed by atoms with Crippen molar-refractivity contribution in [3.05, 3.63) is 58.4 Å². The minimum absolute atomic E-state index is 0.0422. The molecule has 2 N–H and O–H groups in total. The van der Waals surface area contributed by atoms with Crippen molar-refractivity contribution in [1.82, 2.24) is 10.7 Å². The van der Waals surface area contributed by atoms with E-state index < -0.39 is 24.2 Å². The molecule has 7 nitrogen and oxygen atoms in total. The van der Waals surface area contributed by atoms with Crippen LogP contribution in [-0.2, 0) is 4.79 Å². The van der Waals surface area contributed by atoms with Crippen LogP contribution in [0.1, 0.15) is 15.9 Å². The Morgan fingerprint density at radius 3 is 2.59 bits per heavy atom. The molecular weight excluding hydrogens is 377 g/mol. The lowest BCUT2D eigenvalue weighted by atomic mass is 10.2. The van der Waals surface area contributed by atoms with Gasteiger partial charge in [0, 0.05) is 0 Å². The third-order valence-electron chi connectivity index (χ3n) is 3.41. The summed E-state index contributed by atoms with van der Waals surface area (Å²) in [6.07, 6.45) is 1.40. The third-order valence-corrected chi connectivity index (χ3v) is 3.72. The zero-order valence-corrected chi connectivity index (χ0v) is 15.3. The first-order valence-corrected chi connectivity index (χ1v) is 8.10. The van der Waals surface area contributed by atoms with Crippen molar-refractivity contribution in [3.63, 3.8) is 0 Å². The summed E-state index contributed by atoms with van der Waals surface area (Å²) >= 11 is 5.79. The van der Waals surface area contributed by atoms with Crippen LogP contribution in [-0.4, -0.2) is 38.8 Å². The largest absolute Gasteiger partial charge is 0.493 e. The lowest BCUT2D eigenvalue weighted by Crippen LogP contribution is -2.35. The molecule has 0 saturated heterocycles. The summed E-state index contributed by atoms with van der Waals surface area (Å²) in [5.41, 5.74) is 2.59. The highest BCUT2D eigenvalue weighted by molar-refractivity contribution is 6.33. The van der Waals surface area contributed by atoms with Gasteiger partial charge in [0.15, 0.2) is 11.5 Å². The van der Waals surface area contributed by atoms with E-state index in [4.69, 9.17) is 21.1 Å². The Balaban J connectivity index is 1.89. The molecule has 2 rings (SSSR count). The van der Waals surface area contributed by atoms with E-state index >= 15 is 0 Å². The van der Waals surface area contributed by atoms with Gasteiger partial charge in [0.1, 0.15) is 5.82 Å². The number of benzene rings is 2. The second-order valence-electron chi connectivity index (χ2n) is 5.19. The van der Waals surface area contributed by atoms with Gasteiger partial charge in [-0.2, -0.15) is 5.10 Å². The highest BCUT2D eigenvalue weighted by Crippen LogP contribution is 2.26. The summed E-state index contributed by atoms with van der Waals surface area (Å²) in [4.78, 5) is 23.7. The first-order valence-electron chi connectivity index (χ1n) is 7.72. The van der Waals surface area contributed by atoms with Gasteiger partial charge in [0.25, 0.3) is 11.8 Å². The number of nitrogens with one attached hydrogen (secondary N) is 2. The maximum absolute atomic E-state index is 13.6. The maximum atomic E-state index is 13.6. The van der Waals surface area contributed by atoms with E-state index in [0.29, 0.717) is 17.1 Å². The molecule has 0 bridgehead atoms. The Morgan fingerprint density at radius 2 is 1.93 bits per heavy atom. The highest BCUT2D eigenvalue weighted by atomic mass is 35.5. The molecule has 0 aliphatic carbocycles. The fraction of sp³-hybridized carbons (Fsp3) is 0.167. The Morgan fingerprint density at radius 1 is 1.19 bits per heavy atom. The molecule has 0 unspecified atom stereocenters. The number of ether oxygens (including phenoxy) is 2. The van der Waals surface area contributed by atoms with Crippen LogP contribution in [0.2, 0.25) is 5.02 Å². The molecule has 9 heteroatoms. The zero-order valence-electron chi connectivity index (χ0n) is 14.6. The number of hydrazone groups is 1. The van der Waals surface area contributed by atoms with E-state index in [1.165, 1.54) is 32.6 Å². The molecule has 27 heavy (non-hydrogen) atoms. The van der Waals surface area contributed by atoms with Crippen LogP contribution >= 0.6 is 11.6 Å². The summed E-state index contributed by atoms with van der Waals surface area (Å²) in [5, 5.41) is 6.02. The summed E-state index contributed by atoms with van der Waals surface area (Å²) in [6.45, 7) is -0.396. The van der Waals surface area contributed by atoms with E-state index in [0.717, 1.165) is 6.07 Å². The predicted octanol–water partition coefficient (Wildman–Crippen LogP) is 2.38. The van der Waals surface area contributed by atoms with Crippen molar-refractivity contribution in [3.8, 4) is 11.5 Å². The number of hydrogen-bond donors (Lipinski definition) is 2. The normalized spacial score (nSPS) is 10.5. The average molecular weight is 394 g/mol. The monoisotopic (exact) mass is 393 g/mol. The molecule has 0 radical (unpaired) electrons. The Labute approximate surface area is 160 Å². The summed E-state index contributed by atoms with van der Waals surface area (Å²) in [6, 6.07) is 8.96. The molecule has 0 aliphatic heterocycles. The number of halogens is 2. The lowest BCUT2D eigenvalue weighted by molar-refractivity contribution is -0.120. The second kappa shape index (κ2) is 9.54. The zero-order chi connectivity index (χ0) is 19.8. The number of carbonyl (C=O) groups is 2. The first-order chi connectivity index (χ1) is 13.0. The average Bonchev–Trinajstić information content (AvgIpc) is 2.66. The van der Waals surface area contributed by atoms with Crippen molar-refractivity contribution < 1.29 is 23.5 Å². The predicted molar refractivity (Wildman–Crippen MR) is 99.0 cm³/mol. The second-order valence-corrected chi connectivity index (χ2v) is 5.59. The van der Waals surface area contributed by atoms with Gasteiger partial charge in [-0.15, -0.1) is 0 Å². The number of carbonyl (C=O) groups excluding carboxylic acids is 2. The summed E-state index contributed by atoms with van der Waals surface area (Å²) < 4.78 is 23.9. The lowest BCUT2D eigenvalue weighted by Gasteiger charge is -2.08. The summed E-state index contributed by atoms with van der Waals surface area (Å²) in [5.74, 6) is -1.08. The van der Waals surface area contributed by atoms with Crippen LogP contribution in [0.15, 0.2) is 41.5 Å². The Bertz CT molecular complexity index is 853. The topological polar surface area (TPSA) is 89.0 Å². The van der Waals surface area contributed by atoms with E-state index in [-0.39, 0.29) is 10.6 Å². The molecule has 0 spiro atoms. The molecule has 0 heterocycles. The number of hydrogen-bond acceptors (Lipinski definition) is 5. The van der Waals surface area contributed by atoms with Gasteiger partial charge in [-0.25, -0.2) is 9.82 Å². The van der Waals surface area contributed by atoms with E-state index in [2.05, 4.69) is 15.8 Å². The molecule has 0 aromatic heterocycles. The first kappa shape index (κ1) is 20.2. The van der Waals surface area contributed by atoms with Crippen LogP contribution < -0.4 is 20.2 Å². The van der Waals surface area contributed by atoms with E-state index in [1.807, 2.05) is 0 Å². The molecule has 2 aromatic rings. The van der Waals surface area contributed by atoms with Crippen molar-refractivity contribution in [2.75, 3.05) is 20.8 Å². The van der Waals surface area contributed by atoms with Crippen LogP contribution in [0.25, 0.3) is 0 Å². The molecule has 0 aliphatic rings. The van der Waals surface area contributed by atoms with Crippen molar-refractivity contribution in [2.45, 2.75) is 0 Å². The van der Waals surface area contributed by atoms with Gasteiger partial charge in [0.2, 0.25) is 0 Å². The fourth-order valence-electron chi connectivity index (χ4n) is 2.12. The molecule has 2 amide bonds. The molecule has 142 valence electrons. The minimum atomic E-state index is -0.794. The van der Waals surface area contributed by atoms with Gasteiger partial charge in [0.05, 0.1) is 37.6 Å². The minimum Gasteiger partial charge on any atom is -0.493 e. The number of amides is 2. The molecule has 0 saturated carbocycles. The van der Waals surface area contributed by atoms with Crippen molar-refractivity contribution >= 4 is 29.6 Å². The highest BCUT2D eigenvalue weighted by Gasteiger charge is 2.16. The quantitative estimate of drug-likeness (QED) is 0.558. The molecular formula is C18H17ClFN3O4. The van der Waals surface area contributed by atoms with E-state index in [9.17, 15) is 14.0 Å². The van der Waals surface area contributed by atoms with Crippen LogP contribution in [0.3, 0.4) is 0 Å². The number of methoxy groups -OCH3 is 2. The number of rotatable bonds is 7. The van der Waals surface area contributed by atoms with E-state index in [1.54, 1.807) is 18.2 Å².